The second-order valence-electron chi connectivity index (χ2n) is 6.71. The Hall–Kier alpha value is -2.57. The number of halogens is 1. The number of amides is 1. The third-order valence-electron chi connectivity index (χ3n) is 3.97. The molecule has 0 saturated heterocycles. The van der Waals surface area contributed by atoms with Crippen LogP contribution < -0.4 is 10.1 Å². The molecule has 3 aromatic rings. The number of benzene rings is 2. The van der Waals surface area contributed by atoms with Crippen LogP contribution in [0.3, 0.4) is 0 Å². The number of rotatable bonds is 8. The second kappa shape index (κ2) is 9.76. The molecule has 0 fully saturated rings. The second-order valence-corrected chi connectivity index (χ2v) is 8.59. The summed E-state index contributed by atoms with van der Waals surface area (Å²) in [5, 5.41) is 3.34. The first-order chi connectivity index (χ1) is 13.9. The van der Waals surface area contributed by atoms with E-state index in [1.807, 2.05) is 38.1 Å². The van der Waals surface area contributed by atoms with Crippen molar-refractivity contribution in [2.45, 2.75) is 37.1 Å². The van der Waals surface area contributed by atoms with Gasteiger partial charge in [-0.05, 0) is 61.9 Å². The van der Waals surface area contributed by atoms with Crippen molar-refractivity contribution in [2.75, 3.05) is 0 Å². The molecule has 1 heterocycles. The van der Waals surface area contributed by atoms with Crippen LogP contribution >= 0.6 is 11.6 Å². The summed E-state index contributed by atoms with van der Waals surface area (Å²) in [6.07, 6.45) is 0.113. The minimum atomic E-state index is -1.31. The Morgan fingerprint density at radius 3 is 2.59 bits per heavy atom. The third-order valence-corrected chi connectivity index (χ3v) is 5.53. The van der Waals surface area contributed by atoms with Crippen LogP contribution in [-0.4, -0.2) is 16.2 Å². The zero-order chi connectivity index (χ0) is 20.8. The maximum absolute atomic E-state index is 12.4. The number of ether oxygens (including phenoxy) is 1. The third kappa shape index (κ3) is 6.21. The number of nitrogens with one attached hydrogen (secondary N) is 1. The maximum atomic E-state index is 12.4. The molecule has 1 unspecified atom stereocenters. The Kier molecular flexibility index (Phi) is 7.12. The molecule has 1 N–H and O–H groups in total. The molecule has 0 spiro atoms. The number of carbonyl (C=O) groups is 1. The Morgan fingerprint density at radius 2 is 1.90 bits per heavy atom. The molecule has 1 atom stereocenters. The predicted octanol–water partition coefficient (Wildman–Crippen LogP) is 4.96. The van der Waals surface area contributed by atoms with Gasteiger partial charge in [0.25, 0.3) is 5.91 Å². The highest BCUT2D eigenvalue weighted by atomic mass is 35.5. The maximum Gasteiger partial charge on any atom is 0.287 e. The van der Waals surface area contributed by atoms with Gasteiger partial charge in [0.1, 0.15) is 11.5 Å². The van der Waals surface area contributed by atoms with Crippen molar-refractivity contribution in [3.05, 3.63) is 82.8 Å². The number of hydrogen-bond acceptors (Lipinski definition) is 4. The monoisotopic (exact) mass is 431 g/mol. The molecule has 0 aliphatic rings. The lowest BCUT2D eigenvalue weighted by atomic mass is 10.2. The van der Waals surface area contributed by atoms with Crippen LogP contribution in [0.5, 0.6) is 5.75 Å². The van der Waals surface area contributed by atoms with Crippen molar-refractivity contribution in [1.29, 1.82) is 0 Å². The summed E-state index contributed by atoms with van der Waals surface area (Å²) in [5.41, 5.74) is 0.947. The van der Waals surface area contributed by atoms with Gasteiger partial charge < -0.3 is 14.5 Å². The lowest BCUT2D eigenvalue weighted by molar-refractivity contribution is 0.0921. The fourth-order valence-electron chi connectivity index (χ4n) is 2.63. The predicted molar refractivity (Wildman–Crippen MR) is 114 cm³/mol. The van der Waals surface area contributed by atoms with Gasteiger partial charge in [-0.25, -0.2) is 0 Å². The molecule has 0 saturated carbocycles. The van der Waals surface area contributed by atoms with Crippen molar-refractivity contribution in [3.63, 3.8) is 0 Å². The SMILES string of the molecule is CC(C)Oc1ccc(CNC(=O)c2ccc(CS(=O)c3cccc(Cl)c3)o2)cc1. The van der Waals surface area contributed by atoms with Crippen LogP contribution in [0.2, 0.25) is 5.02 Å². The molecule has 0 radical (unpaired) electrons. The van der Waals surface area contributed by atoms with Gasteiger partial charge in [0.2, 0.25) is 0 Å². The topological polar surface area (TPSA) is 68.5 Å². The van der Waals surface area contributed by atoms with E-state index >= 15 is 0 Å². The highest BCUT2D eigenvalue weighted by Crippen LogP contribution is 2.19. The van der Waals surface area contributed by atoms with Crippen molar-refractivity contribution >= 4 is 28.3 Å². The van der Waals surface area contributed by atoms with Gasteiger partial charge in [0.15, 0.2) is 5.76 Å². The summed E-state index contributed by atoms with van der Waals surface area (Å²) in [4.78, 5) is 12.9. The van der Waals surface area contributed by atoms with Gasteiger partial charge in [0.05, 0.1) is 22.7 Å². The first-order valence-electron chi connectivity index (χ1n) is 9.17. The van der Waals surface area contributed by atoms with E-state index in [0.29, 0.717) is 22.2 Å². The van der Waals surface area contributed by atoms with Gasteiger partial charge in [0, 0.05) is 16.5 Å². The standard InChI is InChI=1S/C22H22ClNO4S/c1-15(2)27-18-8-6-16(7-9-18)13-24-22(25)21-11-10-19(28-21)14-29(26)20-5-3-4-17(23)12-20/h3-12,15H,13-14H2,1-2H3,(H,24,25). The average molecular weight is 432 g/mol. The van der Waals surface area contributed by atoms with Gasteiger partial charge in [-0.15, -0.1) is 0 Å². The highest BCUT2D eigenvalue weighted by Gasteiger charge is 2.14. The van der Waals surface area contributed by atoms with E-state index in [1.54, 1.807) is 36.4 Å². The molecule has 1 aromatic heterocycles. The first kappa shape index (κ1) is 21.1. The largest absolute Gasteiger partial charge is 0.491 e. The van der Waals surface area contributed by atoms with Gasteiger partial charge in [-0.3, -0.25) is 9.00 Å². The van der Waals surface area contributed by atoms with E-state index in [4.69, 9.17) is 20.8 Å². The van der Waals surface area contributed by atoms with Crippen LogP contribution in [0.25, 0.3) is 0 Å². The Balaban J connectivity index is 1.54. The lowest BCUT2D eigenvalue weighted by Gasteiger charge is -2.10. The normalized spacial score (nSPS) is 12.0. The lowest BCUT2D eigenvalue weighted by Crippen LogP contribution is -2.22. The van der Waals surface area contributed by atoms with E-state index < -0.39 is 10.8 Å². The molecular formula is C22H22ClNO4S. The van der Waals surface area contributed by atoms with E-state index in [2.05, 4.69) is 5.32 Å². The minimum Gasteiger partial charge on any atom is -0.491 e. The number of furan rings is 1. The molecular weight excluding hydrogens is 410 g/mol. The molecule has 1 amide bonds. The average Bonchev–Trinajstić information content (AvgIpc) is 3.15. The highest BCUT2D eigenvalue weighted by molar-refractivity contribution is 7.84. The van der Waals surface area contributed by atoms with E-state index in [0.717, 1.165) is 11.3 Å². The van der Waals surface area contributed by atoms with E-state index in [-0.39, 0.29) is 23.5 Å². The van der Waals surface area contributed by atoms with Crippen molar-refractivity contribution in [3.8, 4) is 5.75 Å². The van der Waals surface area contributed by atoms with Crippen LogP contribution in [0.15, 0.2) is 70.0 Å². The summed E-state index contributed by atoms with van der Waals surface area (Å²) in [6, 6.07) is 17.7. The molecule has 29 heavy (non-hydrogen) atoms. The van der Waals surface area contributed by atoms with Crippen LogP contribution in [0, 0.1) is 0 Å². The van der Waals surface area contributed by atoms with Gasteiger partial charge in [-0.1, -0.05) is 29.8 Å². The molecule has 0 aliphatic carbocycles. The summed E-state index contributed by atoms with van der Waals surface area (Å²) >= 11 is 5.94. The van der Waals surface area contributed by atoms with Crippen molar-refractivity contribution < 1.29 is 18.2 Å². The van der Waals surface area contributed by atoms with Crippen molar-refractivity contribution in [2.24, 2.45) is 0 Å². The summed E-state index contributed by atoms with van der Waals surface area (Å²) in [6.45, 7) is 4.30. The van der Waals surface area contributed by atoms with Gasteiger partial charge >= 0.3 is 0 Å². The molecule has 5 nitrogen and oxygen atoms in total. The molecule has 0 bridgehead atoms. The number of carbonyl (C=O) groups excluding carboxylic acids is 1. The fraction of sp³-hybridized carbons (Fsp3) is 0.227. The molecule has 7 heteroatoms. The smallest absolute Gasteiger partial charge is 0.287 e. The first-order valence-corrected chi connectivity index (χ1v) is 10.9. The molecule has 152 valence electrons. The Labute approximate surface area is 177 Å². The number of hydrogen-bond donors (Lipinski definition) is 1. The van der Waals surface area contributed by atoms with Crippen LogP contribution in [0.4, 0.5) is 0 Å². The van der Waals surface area contributed by atoms with Crippen molar-refractivity contribution in [1.82, 2.24) is 5.32 Å². The van der Waals surface area contributed by atoms with E-state index in [1.165, 1.54) is 0 Å². The zero-order valence-electron chi connectivity index (χ0n) is 16.2. The fourth-order valence-corrected chi connectivity index (χ4v) is 3.95. The molecule has 2 aromatic carbocycles. The zero-order valence-corrected chi connectivity index (χ0v) is 17.8. The molecule has 3 rings (SSSR count). The molecule has 0 aliphatic heterocycles. The van der Waals surface area contributed by atoms with E-state index in [9.17, 15) is 9.00 Å². The quantitative estimate of drug-likeness (QED) is 0.547. The van der Waals surface area contributed by atoms with Crippen LogP contribution in [-0.2, 0) is 23.1 Å². The summed E-state index contributed by atoms with van der Waals surface area (Å²) in [5.74, 6) is 1.29. The minimum absolute atomic E-state index is 0.113. The summed E-state index contributed by atoms with van der Waals surface area (Å²) < 4.78 is 23.6. The van der Waals surface area contributed by atoms with Crippen LogP contribution in [0.1, 0.15) is 35.7 Å². The summed E-state index contributed by atoms with van der Waals surface area (Å²) in [7, 11) is -1.31. The Bertz CT molecular complexity index is 998. The van der Waals surface area contributed by atoms with Gasteiger partial charge in [-0.2, -0.15) is 0 Å². The Morgan fingerprint density at radius 1 is 1.14 bits per heavy atom.